The molecule has 0 rings (SSSR count). The average Bonchev–Trinajstić information content (AvgIpc) is 1.61. The average molecular weight is 114 g/mol. The Kier molecular flexibility index (Phi) is 2.84. The Bertz CT molecular complexity index is 95.0. The van der Waals surface area contributed by atoms with Crippen LogP contribution >= 0.6 is 0 Å². The second-order valence-corrected chi connectivity index (χ2v) is 1.69. The molecule has 0 heterocycles. The van der Waals surface area contributed by atoms with Crippen molar-refractivity contribution in [3.8, 4) is 0 Å². The number of hydrogen-bond donors (Lipinski definition) is 2. The van der Waals surface area contributed by atoms with Crippen LogP contribution in [0.2, 0.25) is 0 Å². The largest absolute Gasteiger partial charge is 0.351 e. The van der Waals surface area contributed by atoms with Gasteiger partial charge in [-0.25, -0.2) is 0 Å². The molecule has 0 bridgehead atoms. The van der Waals surface area contributed by atoms with Gasteiger partial charge >= 0.3 is 0 Å². The highest BCUT2D eigenvalue weighted by molar-refractivity contribution is 5.85. The standard InChI is InChI=1S/C5H10N2O/c1-4(6)3-7-5(2)8/h6H,3H2,1-2H3,(H,7,8). The molecule has 0 fully saturated rings. The van der Waals surface area contributed by atoms with E-state index in [1.54, 1.807) is 6.92 Å². The van der Waals surface area contributed by atoms with E-state index in [0.717, 1.165) is 0 Å². The Balaban J connectivity index is 3.18. The first-order valence-corrected chi connectivity index (χ1v) is 2.41. The molecule has 8 heavy (non-hydrogen) atoms. The van der Waals surface area contributed by atoms with Gasteiger partial charge in [0.2, 0.25) is 5.91 Å². The predicted octanol–water partition coefficient (Wildman–Crippen LogP) is 0.162. The molecule has 0 aliphatic heterocycles. The summed E-state index contributed by atoms with van der Waals surface area (Å²) < 4.78 is 0. The van der Waals surface area contributed by atoms with E-state index in [9.17, 15) is 4.79 Å². The first-order valence-electron chi connectivity index (χ1n) is 2.41. The van der Waals surface area contributed by atoms with Crippen LogP contribution in [-0.4, -0.2) is 18.2 Å². The summed E-state index contributed by atoms with van der Waals surface area (Å²) in [5.74, 6) is -0.0865. The van der Waals surface area contributed by atoms with Gasteiger partial charge in [-0.15, -0.1) is 0 Å². The molecule has 2 N–H and O–H groups in total. The Hall–Kier alpha value is -0.860. The fraction of sp³-hybridized carbons (Fsp3) is 0.600. The van der Waals surface area contributed by atoms with Gasteiger partial charge in [-0.05, 0) is 6.92 Å². The van der Waals surface area contributed by atoms with Crippen molar-refractivity contribution >= 4 is 11.6 Å². The lowest BCUT2D eigenvalue weighted by Gasteiger charge is -1.95. The van der Waals surface area contributed by atoms with Crippen LogP contribution in [0.15, 0.2) is 0 Å². The lowest BCUT2D eigenvalue weighted by Crippen LogP contribution is -2.25. The Morgan fingerprint density at radius 2 is 2.12 bits per heavy atom. The van der Waals surface area contributed by atoms with E-state index >= 15 is 0 Å². The van der Waals surface area contributed by atoms with Crippen molar-refractivity contribution < 1.29 is 4.79 Å². The smallest absolute Gasteiger partial charge is 0.217 e. The molecule has 0 aromatic carbocycles. The van der Waals surface area contributed by atoms with Crippen LogP contribution in [0.4, 0.5) is 0 Å². The highest BCUT2D eigenvalue weighted by Gasteiger charge is 1.88. The molecule has 0 unspecified atom stereocenters. The first-order chi connectivity index (χ1) is 3.63. The lowest BCUT2D eigenvalue weighted by atomic mass is 10.4. The van der Waals surface area contributed by atoms with E-state index in [1.807, 2.05) is 0 Å². The fourth-order valence-corrected chi connectivity index (χ4v) is 0.257. The van der Waals surface area contributed by atoms with Gasteiger partial charge in [0.05, 0.1) is 6.54 Å². The molecule has 0 aliphatic rings. The van der Waals surface area contributed by atoms with Crippen LogP contribution in [0.1, 0.15) is 13.8 Å². The maximum Gasteiger partial charge on any atom is 0.217 e. The van der Waals surface area contributed by atoms with E-state index in [-0.39, 0.29) is 5.91 Å². The molecule has 46 valence electrons. The van der Waals surface area contributed by atoms with Crippen LogP contribution < -0.4 is 5.32 Å². The van der Waals surface area contributed by atoms with Gasteiger partial charge in [0.1, 0.15) is 0 Å². The zero-order chi connectivity index (χ0) is 6.57. The van der Waals surface area contributed by atoms with Gasteiger partial charge in [0.15, 0.2) is 0 Å². The van der Waals surface area contributed by atoms with Crippen LogP contribution in [-0.2, 0) is 4.79 Å². The van der Waals surface area contributed by atoms with E-state index in [0.29, 0.717) is 12.3 Å². The number of rotatable bonds is 2. The maximum atomic E-state index is 10.1. The summed E-state index contributed by atoms with van der Waals surface area (Å²) in [4.78, 5) is 10.1. The normalized spacial score (nSPS) is 8.25. The number of nitrogens with one attached hydrogen (secondary N) is 2. The molecule has 0 atom stereocenters. The molecular formula is C5H10N2O. The molecule has 0 aliphatic carbocycles. The van der Waals surface area contributed by atoms with Gasteiger partial charge in [-0.2, -0.15) is 0 Å². The van der Waals surface area contributed by atoms with Crippen molar-refractivity contribution in [1.82, 2.24) is 5.32 Å². The summed E-state index contributed by atoms with van der Waals surface area (Å²) in [7, 11) is 0. The minimum absolute atomic E-state index is 0.0865. The molecule has 3 nitrogen and oxygen atoms in total. The molecule has 1 amide bonds. The summed E-state index contributed by atoms with van der Waals surface area (Å²) in [6.07, 6.45) is 0. The molecule has 0 radical (unpaired) electrons. The number of amides is 1. The van der Waals surface area contributed by atoms with Crippen molar-refractivity contribution in [3.63, 3.8) is 0 Å². The highest BCUT2D eigenvalue weighted by Crippen LogP contribution is 1.64. The lowest BCUT2D eigenvalue weighted by molar-refractivity contribution is -0.118. The van der Waals surface area contributed by atoms with Gasteiger partial charge in [0.25, 0.3) is 0 Å². The third-order valence-corrected chi connectivity index (χ3v) is 0.602. The quantitative estimate of drug-likeness (QED) is 0.494. The Morgan fingerprint density at radius 3 is 2.25 bits per heavy atom. The van der Waals surface area contributed by atoms with E-state index in [2.05, 4.69) is 5.32 Å². The highest BCUT2D eigenvalue weighted by atomic mass is 16.1. The molecule has 3 heteroatoms. The number of carbonyl (C=O) groups is 1. The van der Waals surface area contributed by atoms with Gasteiger partial charge in [-0.3, -0.25) is 4.79 Å². The monoisotopic (exact) mass is 114 g/mol. The topological polar surface area (TPSA) is 53.0 Å². The van der Waals surface area contributed by atoms with Crippen LogP contribution in [0.25, 0.3) is 0 Å². The van der Waals surface area contributed by atoms with Crippen molar-refractivity contribution in [1.29, 1.82) is 5.41 Å². The van der Waals surface area contributed by atoms with Crippen LogP contribution in [0.5, 0.6) is 0 Å². The SMILES string of the molecule is CC(=N)CNC(C)=O. The van der Waals surface area contributed by atoms with Gasteiger partial charge < -0.3 is 10.7 Å². The number of carbonyl (C=O) groups excluding carboxylic acids is 1. The second-order valence-electron chi connectivity index (χ2n) is 1.69. The zero-order valence-corrected chi connectivity index (χ0v) is 5.12. The first kappa shape index (κ1) is 7.14. The predicted molar refractivity (Wildman–Crippen MR) is 32.1 cm³/mol. The van der Waals surface area contributed by atoms with Crippen LogP contribution in [0.3, 0.4) is 0 Å². The van der Waals surface area contributed by atoms with Crippen LogP contribution in [0, 0.1) is 5.41 Å². The summed E-state index contributed by atoms with van der Waals surface area (Å²) in [6.45, 7) is 3.45. The second kappa shape index (κ2) is 3.18. The molecule has 0 saturated heterocycles. The van der Waals surface area contributed by atoms with Crippen molar-refractivity contribution in [3.05, 3.63) is 0 Å². The minimum Gasteiger partial charge on any atom is -0.351 e. The summed E-state index contributed by atoms with van der Waals surface area (Å²) in [5, 5.41) is 9.35. The zero-order valence-electron chi connectivity index (χ0n) is 5.12. The maximum absolute atomic E-state index is 10.1. The minimum atomic E-state index is -0.0865. The Labute approximate surface area is 48.6 Å². The summed E-state index contributed by atoms with van der Waals surface area (Å²) in [5.41, 5.74) is 0.472. The molecule has 0 spiro atoms. The fourth-order valence-electron chi connectivity index (χ4n) is 0.257. The van der Waals surface area contributed by atoms with Gasteiger partial charge in [-0.1, -0.05) is 0 Å². The van der Waals surface area contributed by atoms with Gasteiger partial charge in [0, 0.05) is 12.6 Å². The molecular weight excluding hydrogens is 104 g/mol. The van der Waals surface area contributed by atoms with Crippen molar-refractivity contribution in [2.75, 3.05) is 6.54 Å². The van der Waals surface area contributed by atoms with Crippen molar-refractivity contribution in [2.45, 2.75) is 13.8 Å². The molecule has 0 aromatic heterocycles. The third kappa shape index (κ3) is 5.14. The molecule has 0 saturated carbocycles. The third-order valence-electron chi connectivity index (χ3n) is 0.602. The van der Waals surface area contributed by atoms with E-state index in [4.69, 9.17) is 5.41 Å². The van der Waals surface area contributed by atoms with Crippen molar-refractivity contribution in [2.24, 2.45) is 0 Å². The molecule has 0 aromatic rings. The van der Waals surface area contributed by atoms with E-state index < -0.39 is 0 Å². The summed E-state index contributed by atoms with van der Waals surface area (Å²) >= 11 is 0. The number of hydrogen-bond acceptors (Lipinski definition) is 2. The van der Waals surface area contributed by atoms with E-state index in [1.165, 1.54) is 6.92 Å². The summed E-state index contributed by atoms with van der Waals surface area (Å²) in [6, 6.07) is 0. The Morgan fingerprint density at radius 1 is 1.62 bits per heavy atom.